The lowest BCUT2D eigenvalue weighted by molar-refractivity contribution is 0.0783. The smallest absolute Gasteiger partial charge is 0.254 e. The number of hydrogen-bond acceptors (Lipinski definition) is 5. The number of rotatable bonds is 7. The van der Waals surface area contributed by atoms with Gasteiger partial charge >= 0.3 is 0 Å². The van der Waals surface area contributed by atoms with Crippen LogP contribution in [0.1, 0.15) is 39.7 Å². The molecule has 164 valence electrons. The molecule has 1 amide bonds. The molecular weight excluding hydrogens is 409 g/mol. The third-order valence-electron chi connectivity index (χ3n) is 5.44. The highest BCUT2D eigenvalue weighted by Crippen LogP contribution is 2.34. The number of aliphatic imine (C=N–C) groups is 1. The van der Waals surface area contributed by atoms with Crippen LogP contribution in [0.2, 0.25) is 0 Å². The summed E-state index contributed by atoms with van der Waals surface area (Å²) in [4.78, 5) is 23.2. The maximum Gasteiger partial charge on any atom is 0.254 e. The number of nitrogens with zero attached hydrogens (tertiary/aromatic N) is 3. The van der Waals surface area contributed by atoms with Gasteiger partial charge < -0.3 is 14.7 Å². The number of carbonyl (C=O) groups is 1. The average Bonchev–Trinajstić information content (AvgIpc) is 3.30. The van der Waals surface area contributed by atoms with Crippen LogP contribution < -0.4 is 4.74 Å². The number of pyridine rings is 1. The van der Waals surface area contributed by atoms with Crippen molar-refractivity contribution in [3.63, 3.8) is 0 Å². The lowest BCUT2D eigenvalue weighted by atomic mass is 10.0. The van der Waals surface area contributed by atoms with E-state index in [4.69, 9.17) is 4.74 Å². The van der Waals surface area contributed by atoms with Gasteiger partial charge in [-0.15, -0.1) is 0 Å². The molecule has 32 heavy (non-hydrogen) atoms. The van der Waals surface area contributed by atoms with Crippen molar-refractivity contribution in [3.05, 3.63) is 82.4 Å². The number of aliphatic hydroxyl groups is 1. The molecule has 0 radical (unpaired) electrons. The van der Waals surface area contributed by atoms with E-state index in [2.05, 4.69) is 9.98 Å². The molecule has 1 aliphatic heterocycles. The number of halogens is 1. The Kier molecular flexibility index (Phi) is 6.28. The summed E-state index contributed by atoms with van der Waals surface area (Å²) in [6, 6.07) is 12.0. The maximum absolute atomic E-state index is 15.1. The zero-order valence-corrected chi connectivity index (χ0v) is 18.0. The van der Waals surface area contributed by atoms with Crippen molar-refractivity contribution in [1.82, 2.24) is 9.88 Å². The summed E-state index contributed by atoms with van der Waals surface area (Å²) in [5.74, 6) is -0.510. The number of amides is 1. The Labute approximate surface area is 186 Å². The third kappa shape index (κ3) is 4.11. The van der Waals surface area contributed by atoms with Gasteiger partial charge in [-0.3, -0.25) is 14.8 Å². The first-order chi connectivity index (χ1) is 15.5. The van der Waals surface area contributed by atoms with Gasteiger partial charge in [0.05, 0.1) is 31.0 Å². The fourth-order valence-corrected chi connectivity index (χ4v) is 3.89. The fraction of sp³-hybridized carbons (Fsp3) is 0.240. The van der Waals surface area contributed by atoms with Gasteiger partial charge in [-0.25, -0.2) is 4.39 Å². The van der Waals surface area contributed by atoms with Crippen LogP contribution in [-0.4, -0.2) is 40.8 Å². The van der Waals surface area contributed by atoms with Gasteiger partial charge in [-0.05, 0) is 35.7 Å². The molecule has 0 atom stereocenters. The van der Waals surface area contributed by atoms with E-state index in [1.165, 1.54) is 11.0 Å². The first-order valence-corrected chi connectivity index (χ1v) is 10.4. The van der Waals surface area contributed by atoms with E-state index in [-0.39, 0.29) is 24.6 Å². The summed E-state index contributed by atoms with van der Waals surface area (Å²) in [5.41, 5.74) is 4.40. The molecule has 2 heterocycles. The van der Waals surface area contributed by atoms with Crippen molar-refractivity contribution >= 4 is 12.1 Å². The molecule has 4 rings (SSSR count). The lowest BCUT2D eigenvalue weighted by Crippen LogP contribution is -2.27. The van der Waals surface area contributed by atoms with Crippen LogP contribution in [-0.2, 0) is 19.7 Å². The van der Waals surface area contributed by atoms with Gasteiger partial charge in [0.1, 0.15) is 11.6 Å². The van der Waals surface area contributed by atoms with Crippen molar-refractivity contribution in [1.29, 1.82) is 0 Å². The first-order valence-electron chi connectivity index (χ1n) is 10.4. The Morgan fingerprint density at radius 1 is 1.25 bits per heavy atom. The van der Waals surface area contributed by atoms with Gasteiger partial charge in [0.15, 0.2) is 0 Å². The molecule has 3 aromatic rings. The first kappa shape index (κ1) is 21.6. The molecule has 0 bridgehead atoms. The second kappa shape index (κ2) is 9.28. The number of aliphatic hydroxyl groups excluding tert-OH is 1. The maximum atomic E-state index is 15.1. The largest absolute Gasteiger partial charge is 0.493 e. The van der Waals surface area contributed by atoms with Gasteiger partial charge in [-0.2, -0.15) is 0 Å². The number of fused-ring (bicyclic) bond motifs is 1. The standard InChI is InChI=1S/C25H24FN3O3/c1-3-32-23-10-17(9-21(26)24(23)16-7-5-4-6-8-16)25(31)29(2)14-18-11-28-22(15-30)20-13-27-12-19(18)20/h4-11,13,30H,3,12,14-15H2,1-2H3. The Morgan fingerprint density at radius 3 is 2.75 bits per heavy atom. The monoisotopic (exact) mass is 433 g/mol. The summed E-state index contributed by atoms with van der Waals surface area (Å²) in [7, 11) is 1.66. The molecule has 0 saturated carbocycles. The summed E-state index contributed by atoms with van der Waals surface area (Å²) in [5, 5.41) is 9.48. The topological polar surface area (TPSA) is 75.0 Å². The Bertz CT molecular complexity index is 1180. The highest BCUT2D eigenvalue weighted by Gasteiger charge is 2.22. The van der Waals surface area contributed by atoms with Crippen molar-refractivity contribution in [3.8, 4) is 16.9 Å². The van der Waals surface area contributed by atoms with Gasteiger partial charge in [0.2, 0.25) is 0 Å². The fourth-order valence-electron chi connectivity index (χ4n) is 3.89. The molecule has 7 heteroatoms. The van der Waals surface area contributed by atoms with E-state index >= 15 is 4.39 Å². The summed E-state index contributed by atoms with van der Waals surface area (Å²) in [6.07, 6.45) is 3.36. The van der Waals surface area contributed by atoms with Crippen LogP contribution in [0.5, 0.6) is 5.75 Å². The predicted molar refractivity (Wildman–Crippen MR) is 120 cm³/mol. The van der Waals surface area contributed by atoms with E-state index in [1.54, 1.807) is 37.7 Å². The highest BCUT2D eigenvalue weighted by atomic mass is 19.1. The van der Waals surface area contributed by atoms with Gasteiger partial charge in [-0.1, -0.05) is 30.3 Å². The van der Waals surface area contributed by atoms with E-state index < -0.39 is 5.82 Å². The number of carbonyl (C=O) groups excluding carboxylic acids is 1. The van der Waals surface area contributed by atoms with Crippen molar-refractivity contribution in [2.75, 3.05) is 13.7 Å². The molecule has 1 N–H and O–H groups in total. The quantitative estimate of drug-likeness (QED) is 0.612. The van der Waals surface area contributed by atoms with E-state index in [1.807, 2.05) is 25.1 Å². The summed E-state index contributed by atoms with van der Waals surface area (Å²) >= 11 is 0. The highest BCUT2D eigenvalue weighted by molar-refractivity contribution is 5.95. The van der Waals surface area contributed by atoms with Gasteiger partial charge in [0, 0.05) is 37.1 Å². The molecule has 1 aromatic heterocycles. The molecule has 0 saturated heterocycles. The minimum absolute atomic E-state index is 0.170. The molecule has 0 fully saturated rings. The average molecular weight is 433 g/mol. The second-order valence-corrected chi connectivity index (χ2v) is 7.54. The van der Waals surface area contributed by atoms with Crippen molar-refractivity contribution < 1.29 is 19.0 Å². The molecule has 6 nitrogen and oxygen atoms in total. The van der Waals surface area contributed by atoms with E-state index in [0.29, 0.717) is 35.7 Å². The Balaban J connectivity index is 1.63. The number of aromatic nitrogens is 1. The number of hydrogen-bond donors (Lipinski definition) is 1. The zero-order valence-electron chi connectivity index (χ0n) is 18.0. The summed E-state index contributed by atoms with van der Waals surface area (Å²) < 4.78 is 20.8. The molecule has 1 aliphatic rings. The second-order valence-electron chi connectivity index (χ2n) is 7.54. The van der Waals surface area contributed by atoms with Crippen LogP contribution in [0.3, 0.4) is 0 Å². The third-order valence-corrected chi connectivity index (χ3v) is 5.44. The molecule has 2 aromatic carbocycles. The number of benzene rings is 2. The van der Waals surface area contributed by atoms with Gasteiger partial charge in [0.25, 0.3) is 5.91 Å². The SMILES string of the molecule is CCOc1cc(C(=O)N(C)Cc2cnc(CO)c3c2CN=C3)cc(F)c1-c1ccccc1. The number of ether oxygens (including phenoxy) is 1. The van der Waals surface area contributed by atoms with E-state index in [0.717, 1.165) is 16.7 Å². The van der Waals surface area contributed by atoms with Crippen molar-refractivity contribution in [2.24, 2.45) is 4.99 Å². The molecule has 0 spiro atoms. The minimum Gasteiger partial charge on any atom is -0.493 e. The lowest BCUT2D eigenvalue weighted by Gasteiger charge is -2.21. The molecule has 0 unspecified atom stereocenters. The van der Waals surface area contributed by atoms with Crippen LogP contribution in [0, 0.1) is 5.82 Å². The summed E-state index contributed by atoms with van der Waals surface area (Å²) in [6.45, 7) is 2.77. The van der Waals surface area contributed by atoms with Crippen LogP contribution in [0.4, 0.5) is 4.39 Å². The van der Waals surface area contributed by atoms with Crippen LogP contribution in [0.15, 0.2) is 53.7 Å². The Hall–Kier alpha value is -3.58. The molecular formula is C25H24FN3O3. The normalized spacial score (nSPS) is 12.0. The predicted octanol–water partition coefficient (Wildman–Crippen LogP) is 3.98. The van der Waals surface area contributed by atoms with Crippen molar-refractivity contribution in [2.45, 2.75) is 26.6 Å². The zero-order chi connectivity index (χ0) is 22.7. The van der Waals surface area contributed by atoms with E-state index in [9.17, 15) is 9.90 Å². The van der Waals surface area contributed by atoms with Crippen LogP contribution in [0.25, 0.3) is 11.1 Å². The minimum atomic E-state index is -0.512. The van der Waals surface area contributed by atoms with Crippen LogP contribution >= 0.6 is 0 Å². The Morgan fingerprint density at radius 2 is 2.03 bits per heavy atom. The molecule has 0 aliphatic carbocycles.